The van der Waals surface area contributed by atoms with Gasteiger partial charge >= 0.3 is 22.3 Å². The smallest absolute Gasteiger partial charge is 0.397 e. The number of esters is 2. The number of unbranched alkanes of at least 4 members (excludes halogenated alkanes) is 24. The van der Waals surface area contributed by atoms with Crippen LogP contribution in [-0.2, 0) is 33.6 Å². The number of carbonyl (C=O) groups excluding carboxylic acids is 2. The third kappa shape index (κ3) is 32.4. The molecule has 4 N–H and O–H groups in total. The normalized spacial score (nSPS) is 13.0. The van der Waals surface area contributed by atoms with Crippen molar-refractivity contribution in [1.29, 1.82) is 0 Å². The van der Waals surface area contributed by atoms with E-state index in [0.29, 0.717) is 0 Å². The molecular weight excluding hydrogens is 646 g/mol. The Morgan fingerprint density at radius 2 is 0.776 bits per heavy atom. The van der Waals surface area contributed by atoms with Crippen molar-refractivity contribution < 1.29 is 41.3 Å². The standard InChI is InChI=1S/C37H73NO5.CH4O4S/c1-5-7-9-11-13-15-17-19-21-23-25-27-29-31-34(39)42-37(4,36(3,41)33-38)43-35(40)32-30-28-26-24-22-20-18-16-14-12-10-8-6-2;1-5-6(2,3)4/h41H,5-33,38H2,1-4H3;1H3,(H,2,3,4). The van der Waals surface area contributed by atoms with E-state index in [9.17, 15) is 23.1 Å². The molecule has 0 saturated heterocycles. The molecular formula is C38H77NO9S. The minimum atomic E-state index is -4.16. The Labute approximate surface area is 301 Å². The van der Waals surface area contributed by atoms with Crippen LogP contribution < -0.4 is 5.73 Å². The number of aliphatic hydroxyl groups is 1. The molecule has 0 aromatic rings. The highest BCUT2D eigenvalue weighted by Crippen LogP contribution is 2.29. The average molecular weight is 724 g/mol. The largest absolute Gasteiger partial charge is 0.419 e. The maximum absolute atomic E-state index is 12.6. The van der Waals surface area contributed by atoms with Crippen molar-refractivity contribution in [3.8, 4) is 0 Å². The monoisotopic (exact) mass is 724 g/mol. The van der Waals surface area contributed by atoms with Crippen LogP contribution in [0.1, 0.15) is 207 Å². The number of hydrogen-bond acceptors (Lipinski definition) is 9. The third-order valence-corrected chi connectivity index (χ3v) is 9.59. The summed E-state index contributed by atoms with van der Waals surface area (Å²) >= 11 is 0. The van der Waals surface area contributed by atoms with E-state index >= 15 is 0 Å². The van der Waals surface area contributed by atoms with Gasteiger partial charge in [0.2, 0.25) is 0 Å². The summed E-state index contributed by atoms with van der Waals surface area (Å²) in [5.41, 5.74) is 4.09. The van der Waals surface area contributed by atoms with Gasteiger partial charge in [0, 0.05) is 26.3 Å². The van der Waals surface area contributed by atoms with Gasteiger partial charge in [-0.2, -0.15) is 8.42 Å². The predicted octanol–water partition coefficient (Wildman–Crippen LogP) is 9.90. The van der Waals surface area contributed by atoms with Gasteiger partial charge < -0.3 is 20.3 Å². The van der Waals surface area contributed by atoms with Crippen LogP contribution in [0, 0.1) is 0 Å². The van der Waals surface area contributed by atoms with Gasteiger partial charge in [0.15, 0.2) is 5.60 Å². The van der Waals surface area contributed by atoms with Gasteiger partial charge in [0.1, 0.15) is 0 Å². The second kappa shape index (κ2) is 32.6. The molecule has 1 atom stereocenters. The van der Waals surface area contributed by atoms with Gasteiger partial charge in [0.05, 0.1) is 7.11 Å². The summed E-state index contributed by atoms with van der Waals surface area (Å²) in [7, 11) is -3.29. The van der Waals surface area contributed by atoms with E-state index < -0.39 is 33.7 Å². The van der Waals surface area contributed by atoms with Crippen LogP contribution in [0.25, 0.3) is 0 Å². The highest BCUT2D eigenvalue weighted by atomic mass is 32.3. The van der Waals surface area contributed by atoms with Gasteiger partial charge in [-0.3, -0.25) is 18.3 Å². The van der Waals surface area contributed by atoms with E-state index in [1.54, 1.807) is 0 Å². The Balaban J connectivity index is 0. The molecule has 294 valence electrons. The third-order valence-electron chi connectivity index (χ3n) is 9.17. The minimum Gasteiger partial charge on any atom is -0.419 e. The van der Waals surface area contributed by atoms with E-state index in [1.165, 1.54) is 142 Å². The molecule has 0 aromatic carbocycles. The van der Waals surface area contributed by atoms with Crippen LogP contribution in [0.4, 0.5) is 0 Å². The van der Waals surface area contributed by atoms with Crippen molar-refractivity contribution in [2.75, 3.05) is 13.7 Å². The lowest BCUT2D eigenvalue weighted by Gasteiger charge is -2.40. The Morgan fingerprint density at radius 3 is 0.980 bits per heavy atom. The Bertz CT molecular complexity index is 836. The molecule has 0 aliphatic carbocycles. The highest BCUT2D eigenvalue weighted by Gasteiger charge is 2.49. The van der Waals surface area contributed by atoms with Gasteiger partial charge in [0.25, 0.3) is 5.79 Å². The van der Waals surface area contributed by atoms with Crippen molar-refractivity contribution in [3.05, 3.63) is 0 Å². The molecule has 1 unspecified atom stereocenters. The fourth-order valence-corrected chi connectivity index (χ4v) is 5.54. The van der Waals surface area contributed by atoms with E-state index in [4.69, 9.17) is 19.8 Å². The van der Waals surface area contributed by atoms with Crippen LogP contribution >= 0.6 is 0 Å². The van der Waals surface area contributed by atoms with Gasteiger partial charge in [-0.1, -0.05) is 168 Å². The molecule has 0 aromatic heterocycles. The maximum Gasteiger partial charge on any atom is 0.397 e. The first-order valence-corrected chi connectivity index (χ1v) is 21.0. The van der Waals surface area contributed by atoms with E-state index in [0.717, 1.165) is 45.6 Å². The summed E-state index contributed by atoms with van der Waals surface area (Å²) in [5.74, 6) is -2.73. The Morgan fingerprint density at radius 1 is 0.551 bits per heavy atom. The molecule has 0 fully saturated rings. The first-order chi connectivity index (χ1) is 23.3. The zero-order valence-corrected chi connectivity index (χ0v) is 33.1. The van der Waals surface area contributed by atoms with Crippen LogP contribution in [0.15, 0.2) is 0 Å². The van der Waals surface area contributed by atoms with Gasteiger partial charge in [-0.05, 0) is 19.8 Å². The summed E-state index contributed by atoms with van der Waals surface area (Å²) in [6.07, 6.45) is 32.5. The average Bonchev–Trinajstić information content (AvgIpc) is 3.05. The fourth-order valence-electron chi connectivity index (χ4n) is 5.54. The number of rotatable bonds is 33. The topological polar surface area (TPSA) is 162 Å². The molecule has 0 saturated carbocycles. The number of ether oxygens (including phenoxy) is 2. The van der Waals surface area contributed by atoms with Crippen molar-refractivity contribution >= 4 is 22.3 Å². The molecule has 11 heteroatoms. The summed E-state index contributed by atoms with van der Waals surface area (Å²) < 4.78 is 40.9. The molecule has 0 bridgehead atoms. The first kappa shape index (κ1) is 49.8. The van der Waals surface area contributed by atoms with Crippen LogP contribution in [0.2, 0.25) is 0 Å². The number of nitrogens with two attached hydrogens (primary N) is 1. The Kier molecular flexibility index (Phi) is 33.2. The van der Waals surface area contributed by atoms with Crippen LogP contribution in [0.5, 0.6) is 0 Å². The molecule has 0 heterocycles. The van der Waals surface area contributed by atoms with Gasteiger partial charge in [-0.25, -0.2) is 0 Å². The molecule has 0 spiro atoms. The lowest BCUT2D eigenvalue weighted by atomic mass is 9.96. The molecule has 10 nitrogen and oxygen atoms in total. The minimum absolute atomic E-state index is 0.193. The molecule has 0 amide bonds. The zero-order chi connectivity index (χ0) is 37.3. The summed E-state index contributed by atoms with van der Waals surface area (Å²) in [4.78, 5) is 25.2. The lowest BCUT2D eigenvalue weighted by molar-refractivity contribution is -0.279. The summed E-state index contributed by atoms with van der Waals surface area (Å²) in [5, 5.41) is 10.8. The second-order valence-corrected chi connectivity index (χ2v) is 15.1. The molecule has 0 aliphatic heterocycles. The number of hydrogen-bond donors (Lipinski definition) is 3. The Hall–Kier alpha value is -1.27. The SMILES string of the molecule is CCCCCCCCCCCCCCCC(=O)OC(C)(OC(=O)CCCCCCCCCCCCCCC)C(C)(O)CN.COS(=O)(=O)O. The highest BCUT2D eigenvalue weighted by molar-refractivity contribution is 7.80. The van der Waals surface area contributed by atoms with Crippen molar-refractivity contribution in [2.45, 2.75) is 219 Å². The first-order valence-electron chi connectivity index (χ1n) is 19.7. The van der Waals surface area contributed by atoms with Gasteiger partial charge in [-0.15, -0.1) is 0 Å². The molecule has 0 radical (unpaired) electrons. The van der Waals surface area contributed by atoms with Crippen molar-refractivity contribution in [3.63, 3.8) is 0 Å². The summed E-state index contributed by atoms with van der Waals surface area (Å²) in [6, 6.07) is 0. The predicted molar refractivity (Wildman–Crippen MR) is 199 cm³/mol. The quantitative estimate of drug-likeness (QED) is 0.0257. The lowest BCUT2D eigenvalue weighted by Crippen LogP contribution is -2.59. The maximum atomic E-state index is 12.6. The van der Waals surface area contributed by atoms with Crippen LogP contribution in [0.3, 0.4) is 0 Å². The van der Waals surface area contributed by atoms with Crippen LogP contribution in [-0.4, -0.2) is 55.1 Å². The second-order valence-electron chi connectivity index (χ2n) is 14.0. The van der Waals surface area contributed by atoms with Crippen molar-refractivity contribution in [1.82, 2.24) is 0 Å². The zero-order valence-electron chi connectivity index (χ0n) is 32.2. The summed E-state index contributed by atoms with van der Waals surface area (Å²) in [6.45, 7) is 7.21. The van der Waals surface area contributed by atoms with E-state index in [-0.39, 0.29) is 19.4 Å². The molecule has 0 aliphatic rings. The van der Waals surface area contributed by atoms with Crippen molar-refractivity contribution in [2.24, 2.45) is 5.73 Å². The molecule has 0 rings (SSSR count). The van der Waals surface area contributed by atoms with E-state index in [2.05, 4.69) is 18.0 Å². The molecule has 49 heavy (non-hydrogen) atoms. The fraction of sp³-hybridized carbons (Fsp3) is 0.947. The number of carbonyl (C=O) groups is 2. The van der Waals surface area contributed by atoms with E-state index in [1.807, 2.05) is 0 Å².